The second-order valence-corrected chi connectivity index (χ2v) is 0.339. The standard InChI is InChI=1S/C2H2F2.2C2H4.10FH/c1-2(3)4;2*1-2;;;;;;;;;;/h1H2;2*1-2H2;10*1H. The summed E-state index contributed by atoms with van der Waals surface area (Å²) in [4.78, 5) is 0. The van der Waals surface area contributed by atoms with Gasteiger partial charge in [0.2, 0.25) is 0 Å². The molecular weight excluding hydrogens is 300 g/mol. The minimum atomic E-state index is -1.83. The summed E-state index contributed by atoms with van der Waals surface area (Å²) in [5, 5.41) is 0. The summed E-state index contributed by atoms with van der Waals surface area (Å²) >= 11 is 0. The van der Waals surface area contributed by atoms with E-state index in [2.05, 4.69) is 32.9 Å². The average Bonchev–Trinajstić information content (AvgIpc) is 1.75. The number of halogens is 12. The van der Waals surface area contributed by atoms with E-state index in [1.807, 2.05) is 0 Å². The highest BCUT2D eigenvalue weighted by molar-refractivity contribution is 4.57. The van der Waals surface area contributed by atoms with Gasteiger partial charge in [-0.25, -0.2) is 0 Å². The molecule has 128 valence electrons. The lowest BCUT2D eigenvalue weighted by Gasteiger charge is -1.54. The SMILES string of the molecule is C=C.C=C.C=C(F)F.F.F.F.F.F.F.F.F.F.F. The molecule has 0 N–H and O–H groups in total. The number of hydrogen-bond acceptors (Lipinski definition) is 0. The van der Waals surface area contributed by atoms with Crippen LogP contribution in [0.1, 0.15) is 0 Å². The molecule has 12 heteroatoms. The minimum absolute atomic E-state index is 0. The van der Waals surface area contributed by atoms with Crippen LogP contribution in [0.5, 0.6) is 0 Å². The van der Waals surface area contributed by atoms with E-state index in [1.54, 1.807) is 0 Å². The molecule has 0 atom stereocenters. The Hall–Kier alpha value is -1.62. The van der Waals surface area contributed by atoms with Gasteiger partial charge < -0.3 is 0 Å². The number of hydrogen-bond donors (Lipinski definition) is 0. The lowest BCUT2D eigenvalue weighted by Crippen LogP contribution is -1.33. The lowest BCUT2D eigenvalue weighted by atomic mass is 11.2. The number of rotatable bonds is 0. The molecule has 0 radical (unpaired) electrons. The van der Waals surface area contributed by atoms with Crippen molar-refractivity contribution in [3.63, 3.8) is 0 Å². The lowest BCUT2D eigenvalue weighted by molar-refractivity contribution is 0.426. The van der Waals surface area contributed by atoms with E-state index in [0.717, 1.165) is 0 Å². The molecule has 0 saturated heterocycles. The van der Waals surface area contributed by atoms with Crippen LogP contribution in [0.25, 0.3) is 0 Å². The maximum Gasteiger partial charge on any atom is 0.263 e. The van der Waals surface area contributed by atoms with Gasteiger partial charge in [0.25, 0.3) is 6.08 Å². The summed E-state index contributed by atoms with van der Waals surface area (Å²) in [7, 11) is 0. The summed E-state index contributed by atoms with van der Waals surface area (Å²) in [6, 6.07) is 0. The highest BCUT2D eigenvalue weighted by atomic mass is 19.3. The van der Waals surface area contributed by atoms with Crippen LogP contribution in [0.2, 0.25) is 0 Å². The van der Waals surface area contributed by atoms with Crippen molar-refractivity contribution in [2.75, 3.05) is 0 Å². The van der Waals surface area contributed by atoms with Crippen LogP contribution >= 0.6 is 0 Å². The molecule has 0 saturated carbocycles. The fourth-order valence-electron chi connectivity index (χ4n) is 0. The first-order valence-electron chi connectivity index (χ1n) is 1.73. The van der Waals surface area contributed by atoms with Crippen molar-refractivity contribution in [1.82, 2.24) is 0 Å². The molecule has 0 aromatic heterocycles. The molecule has 0 aromatic carbocycles. The first-order valence-corrected chi connectivity index (χ1v) is 1.73. The first kappa shape index (κ1) is 339. The van der Waals surface area contributed by atoms with E-state index >= 15 is 0 Å². The average molecular weight is 320 g/mol. The molecule has 0 aliphatic rings. The van der Waals surface area contributed by atoms with Crippen molar-refractivity contribution in [3.8, 4) is 0 Å². The fourth-order valence-corrected chi connectivity index (χ4v) is 0. The smallest absolute Gasteiger partial charge is 0.263 e. The van der Waals surface area contributed by atoms with Crippen molar-refractivity contribution < 1.29 is 55.8 Å². The third-order valence-corrected chi connectivity index (χ3v) is 0. The molecule has 0 unspecified atom stereocenters. The summed E-state index contributed by atoms with van der Waals surface area (Å²) in [5.41, 5.74) is 0. The molecule has 0 spiro atoms. The van der Waals surface area contributed by atoms with Gasteiger partial charge >= 0.3 is 0 Å². The Morgan fingerprint density at radius 2 is 0.444 bits per heavy atom. The van der Waals surface area contributed by atoms with Crippen molar-refractivity contribution in [2.24, 2.45) is 0 Å². The monoisotopic (exact) mass is 320 g/mol. The largest absolute Gasteiger partial charge is 0.269 e. The van der Waals surface area contributed by atoms with E-state index in [9.17, 15) is 8.78 Å². The molecule has 0 nitrogen and oxygen atoms in total. The van der Waals surface area contributed by atoms with Gasteiger partial charge in [0.05, 0.1) is 0 Å². The zero-order chi connectivity index (χ0) is 7.58. The first-order chi connectivity index (χ1) is 3.73. The third kappa shape index (κ3) is 981. The van der Waals surface area contributed by atoms with Crippen molar-refractivity contribution in [3.05, 3.63) is 39.0 Å². The summed E-state index contributed by atoms with van der Waals surface area (Å²) in [5.74, 6) is 0. The second kappa shape index (κ2) is 1670. The predicted molar refractivity (Wildman–Crippen MR) is 58.9 cm³/mol. The molecule has 0 heterocycles. The van der Waals surface area contributed by atoms with Gasteiger partial charge in [-0.15, -0.1) is 26.3 Å². The van der Waals surface area contributed by atoms with Crippen LogP contribution in [0.3, 0.4) is 0 Å². The summed E-state index contributed by atoms with van der Waals surface area (Å²) in [6.07, 6.45) is -1.83. The molecule has 18 heavy (non-hydrogen) atoms. The topological polar surface area (TPSA) is 0 Å². The normalized spacial score (nSPS) is 1.89. The highest BCUT2D eigenvalue weighted by Crippen LogP contribution is 1.85. The molecule has 0 fully saturated rings. The van der Waals surface area contributed by atoms with Crippen LogP contribution in [-0.2, 0) is 0 Å². The highest BCUT2D eigenvalue weighted by Gasteiger charge is 1.65. The van der Waals surface area contributed by atoms with Crippen molar-refractivity contribution in [2.45, 2.75) is 0 Å². The van der Waals surface area contributed by atoms with Crippen LogP contribution < -0.4 is 0 Å². The maximum atomic E-state index is 10.1. The van der Waals surface area contributed by atoms with Crippen LogP contribution in [-0.4, -0.2) is 0 Å². The van der Waals surface area contributed by atoms with Gasteiger partial charge in [-0.1, -0.05) is 0 Å². The van der Waals surface area contributed by atoms with Crippen LogP contribution in [0.4, 0.5) is 55.8 Å². The van der Waals surface area contributed by atoms with Gasteiger partial charge in [-0.3, -0.25) is 47.0 Å². The Labute approximate surface area is 96.1 Å². The maximum absolute atomic E-state index is 10.1. The molecule has 0 rings (SSSR count). The van der Waals surface area contributed by atoms with E-state index in [1.165, 1.54) is 0 Å². The third-order valence-electron chi connectivity index (χ3n) is 0. The van der Waals surface area contributed by atoms with E-state index in [0.29, 0.717) is 0 Å². The van der Waals surface area contributed by atoms with Gasteiger partial charge in [-0.05, 0) is 6.58 Å². The summed E-state index contributed by atoms with van der Waals surface area (Å²) in [6.45, 7) is 14.2. The Bertz CT molecular complexity index is 54.5. The molecule has 0 aromatic rings. The second-order valence-electron chi connectivity index (χ2n) is 0.339. The fraction of sp³-hybridized carbons (Fsp3) is 0. The van der Waals surface area contributed by atoms with Crippen molar-refractivity contribution >= 4 is 0 Å². The zero-order valence-electron chi connectivity index (χ0n) is 8.87. The van der Waals surface area contributed by atoms with Gasteiger partial charge in [-0.2, -0.15) is 8.78 Å². The predicted octanol–water partition coefficient (Wildman–Crippen LogP) is 4.53. The quantitative estimate of drug-likeness (QED) is 0.454. The van der Waals surface area contributed by atoms with Crippen LogP contribution in [0, 0.1) is 0 Å². The molecule has 0 aliphatic heterocycles. The van der Waals surface area contributed by atoms with Gasteiger partial charge in [0.1, 0.15) is 0 Å². The van der Waals surface area contributed by atoms with Crippen molar-refractivity contribution in [1.29, 1.82) is 0 Å². The molecular formula is C6H20F12. The minimum Gasteiger partial charge on any atom is -0.269 e. The van der Waals surface area contributed by atoms with E-state index in [4.69, 9.17) is 0 Å². The Morgan fingerprint density at radius 3 is 0.444 bits per heavy atom. The molecule has 0 aliphatic carbocycles. The molecule has 0 bridgehead atoms. The van der Waals surface area contributed by atoms with E-state index in [-0.39, 0.29) is 47.0 Å². The Kier molecular flexibility index (Phi) is 31500. The zero-order valence-corrected chi connectivity index (χ0v) is 8.87. The van der Waals surface area contributed by atoms with Gasteiger partial charge in [0.15, 0.2) is 0 Å². The van der Waals surface area contributed by atoms with Gasteiger partial charge in [0, 0.05) is 0 Å². The Morgan fingerprint density at radius 1 is 0.444 bits per heavy atom. The Balaban J connectivity index is -0.00000000154. The molecule has 0 amide bonds. The van der Waals surface area contributed by atoms with Crippen LogP contribution in [0.15, 0.2) is 39.0 Å². The summed E-state index contributed by atoms with van der Waals surface area (Å²) < 4.78 is 20.3. The van der Waals surface area contributed by atoms with E-state index < -0.39 is 6.08 Å².